The van der Waals surface area contributed by atoms with Gasteiger partial charge in [0.25, 0.3) is 0 Å². The van der Waals surface area contributed by atoms with Gasteiger partial charge in [-0.3, -0.25) is 14.6 Å². The zero-order valence-electron chi connectivity index (χ0n) is 22.1. The summed E-state index contributed by atoms with van der Waals surface area (Å²) in [4.78, 5) is 44.5. The molecule has 2 heterocycles. The normalized spacial score (nSPS) is 18.9. The molecule has 0 radical (unpaired) electrons. The molecule has 198 valence electrons. The van der Waals surface area contributed by atoms with E-state index in [-0.39, 0.29) is 24.5 Å². The summed E-state index contributed by atoms with van der Waals surface area (Å²) >= 11 is 0. The first-order chi connectivity index (χ1) is 17.2. The van der Waals surface area contributed by atoms with Crippen molar-refractivity contribution < 1.29 is 28.6 Å². The highest BCUT2D eigenvalue weighted by molar-refractivity contribution is 5.95. The molecule has 0 saturated carbocycles. The fraction of sp³-hybridized carbons (Fsp3) is 0.577. The van der Waals surface area contributed by atoms with Crippen LogP contribution in [0.15, 0.2) is 29.5 Å². The lowest BCUT2D eigenvalue weighted by Crippen LogP contribution is -2.54. The van der Waals surface area contributed by atoms with Crippen molar-refractivity contribution in [2.75, 3.05) is 60.1 Å². The van der Waals surface area contributed by atoms with Crippen molar-refractivity contribution in [2.24, 2.45) is 5.92 Å². The van der Waals surface area contributed by atoms with Crippen LogP contribution in [0, 0.1) is 5.92 Å². The Labute approximate surface area is 213 Å². The van der Waals surface area contributed by atoms with Gasteiger partial charge in [-0.2, -0.15) is 0 Å². The highest BCUT2D eigenvalue weighted by Gasteiger charge is 2.39. The number of nitrogens with zero attached hydrogens (tertiary/aromatic N) is 3. The summed E-state index contributed by atoms with van der Waals surface area (Å²) < 4.78 is 16.3. The van der Waals surface area contributed by atoms with E-state index in [2.05, 4.69) is 10.2 Å². The number of methoxy groups -OCH3 is 2. The molecule has 2 aliphatic rings. The van der Waals surface area contributed by atoms with Crippen molar-refractivity contribution in [3.05, 3.63) is 35.0 Å². The second-order valence-corrected chi connectivity index (χ2v) is 9.08. The maximum Gasteiger partial charge on any atom is 0.338 e. The van der Waals surface area contributed by atoms with E-state index in [0.717, 1.165) is 0 Å². The molecular weight excluding hydrogens is 464 g/mol. The second kappa shape index (κ2) is 12.1. The summed E-state index contributed by atoms with van der Waals surface area (Å²) in [5, 5.41) is 2.97. The number of likely N-dealkylation sites (N-methyl/N-ethyl adjacent to an activating group) is 1. The van der Waals surface area contributed by atoms with Crippen molar-refractivity contribution in [2.45, 2.75) is 33.7 Å². The highest BCUT2D eigenvalue weighted by Crippen LogP contribution is 2.36. The third kappa shape index (κ3) is 5.75. The van der Waals surface area contributed by atoms with E-state index in [0.29, 0.717) is 67.6 Å². The Hall–Kier alpha value is -3.27. The summed E-state index contributed by atoms with van der Waals surface area (Å²) in [5.74, 6) is 0.669. The molecule has 10 heteroatoms. The van der Waals surface area contributed by atoms with Crippen LogP contribution in [0.1, 0.15) is 39.3 Å². The number of esters is 1. The number of nitrogens with one attached hydrogen (secondary N) is 1. The molecule has 1 atom stereocenters. The minimum Gasteiger partial charge on any atom is -0.493 e. The number of rotatable bonds is 9. The molecule has 1 N–H and O–H groups in total. The quantitative estimate of drug-likeness (QED) is 0.518. The smallest absolute Gasteiger partial charge is 0.338 e. The largest absolute Gasteiger partial charge is 0.493 e. The number of hydrogen-bond acceptors (Lipinski definition) is 7. The van der Waals surface area contributed by atoms with Crippen LogP contribution in [0.3, 0.4) is 0 Å². The van der Waals surface area contributed by atoms with Crippen LogP contribution in [-0.4, -0.2) is 92.7 Å². The number of hydrogen-bond donors (Lipinski definition) is 1. The summed E-state index contributed by atoms with van der Waals surface area (Å²) in [7, 11) is 3.09. The minimum atomic E-state index is -0.710. The molecule has 1 fully saturated rings. The maximum atomic E-state index is 13.3. The van der Waals surface area contributed by atoms with Crippen LogP contribution < -0.4 is 14.8 Å². The first-order valence-electron chi connectivity index (χ1n) is 12.5. The van der Waals surface area contributed by atoms with E-state index < -0.39 is 12.0 Å². The zero-order valence-corrected chi connectivity index (χ0v) is 22.1. The third-order valence-corrected chi connectivity index (χ3v) is 6.54. The van der Waals surface area contributed by atoms with Gasteiger partial charge in [-0.25, -0.2) is 9.59 Å². The van der Waals surface area contributed by atoms with Gasteiger partial charge in [0.05, 0.1) is 32.4 Å². The van der Waals surface area contributed by atoms with Crippen molar-refractivity contribution in [3.63, 3.8) is 0 Å². The minimum absolute atomic E-state index is 0.0467. The van der Waals surface area contributed by atoms with Crippen LogP contribution >= 0.6 is 0 Å². The molecule has 3 amide bonds. The molecule has 2 aliphatic heterocycles. The van der Waals surface area contributed by atoms with Gasteiger partial charge in [-0.15, -0.1) is 0 Å². The SMILES string of the molecule is CCOC(=O)C1=C(CN2CCN(C(=O)C(C)C)CC2)N(CC)C(=O)N[C@H]1c1ccc(OC)c(OC)c1. The van der Waals surface area contributed by atoms with Gasteiger partial charge >= 0.3 is 12.0 Å². The fourth-order valence-corrected chi connectivity index (χ4v) is 4.64. The Bertz CT molecular complexity index is 1000. The molecular formula is C26H38N4O6. The molecule has 0 unspecified atom stereocenters. The Morgan fingerprint density at radius 2 is 1.72 bits per heavy atom. The van der Waals surface area contributed by atoms with E-state index in [1.807, 2.05) is 25.7 Å². The Morgan fingerprint density at radius 1 is 1.06 bits per heavy atom. The Morgan fingerprint density at radius 3 is 2.28 bits per heavy atom. The molecule has 0 aliphatic carbocycles. The third-order valence-electron chi connectivity index (χ3n) is 6.54. The molecule has 0 bridgehead atoms. The van der Waals surface area contributed by atoms with E-state index in [1.54, 1.807) is 37.1 Å². The first kappa shape index (κ1) is 27.3. The summed E-state index contributed by atoms with van der Waals surface area (Å²) in [6, 6.07) is 4.33. The molecule has 1 aromatic carbocycles. The van der Waals surface area contributed by atoms with Crippen molar-refractivity contribution in [1.29, 1.82) is 0 Å². The van der Waals surface area contributed by atoms with Crippen LogP contribution in [0.25, 0.3) is 0 Å². The van der Waals surface area contributed by atoms with E-state index >= 15 is 0 Å². The predicted molar refractivity (Wildman–Crippen MR) is 135 cm³/mol. The average molecular weight is 503 g/mol. The first-order valence-corrected chi connectivity index (χ1v) is 12.5. The van der Waals surface area contributed by atoms with Gasteiger partial charge in [-0.05, 0) is 31.5 Å². The molecule has 1 saturated heterocycles. The van der Waals surface area contributed by atoms with Gasteiger partial charge in [0.15, 0.2) is 11.5 Å². The Balaban J connectivity index is 1.99. The van der Waals surface area contributed by atoms with E-state index in [9.17, 15) is 14.4 Å². The van der Waals surface area contributed by atoms with Crippen LogP contribution in [0.2, 0.25) is 0 Å². The number of ether oxygens (including phenoxy) is 3. The summed E-state index contributed by atoms with van der Waals surface area (Å²) in [6.45, 7) is 11.0. The molecule has 0 spiro atoms. The van der Waals surface area contributed by atoms with Crippen LogP contribution in [-0.2, 0) is 14.3 Å². The topological polar surface area (TPSA) is 101 Å². The van der Waals surface area contributed by atoms with Gasteiger partial charge < -0.3 is 24.4 Å². The van der Waals surface area contributed by atoms with Gasteiger partial charge in [0, 0.05) is 50.9 Å². The number of carbonyl (C=O) groups is 3. The summed E-state index contributed by atoms with van der Waals surface area (Å²) in [5.41, 5.74) is 1.69. The number of carbonyl (C=O) groups excluding carboxylic acids is 3. The molecule has 36 heavy (non-hydrogen) atoms. The molecule has 0 aromatic heterocycles. The zero-order chi connectivity index (χ0) is 26.4. The van der Waals surface area contributed by atoms with E-state index in [1.165, 1.54) is 7.11 Å². The van der Waals surface area contributed by atoms with Gasteiger partial charge in [0.1, 0.15) is 0 Å². The second-order valence-electron chi connectivity index (χ2n) is 9.08. The van der Waals surface area contributed by atoms with E-state index in [4.69, 9.17) is 14.2 Å². The van der Waals surface area contributed by atoms with Crippen LogP contribution in [0.5, 0.6) is 11.5 Å². The maximum absolute atomic E-state index is 13.3. The van der Waals surface area contributed by atoms with Crippen molar-refractivity contribution in [1.82, 2.24) is 20.0 Å². The number of benzene rings is 1. The van der Waals surface area contributed by atoms with Crippen molar-refractivity contribution in [3.8, 4) is 11.5 Å². The lowest BCUT2D eigenvalue weighted by Gasteiger charge is -2.40. The molecule has 1 aromatic rings. The van der Waals surface area contributed by atoms with Crippen LogP contribution in [0.4, 0.5) is 4.79 Å². The monoisotopic (exact) mass is 502 g/mol. The van der Waals surface area contributed by atoms with Crippen molar-refractivity contribution >= 4 is 17.9 Å². The predicted octanol–water partition coefficient (Wildman–Crippen LogP) is 2.41. The lowest BCUT2D eigenvalue weighted by molar-refractivity contribution is -0.139. The number of urea groups is 1. The Kier molecular flexibility index (Phi) is 9.19. The number of piperazine rings is 1. The molecule has 3 rings (SSSR count). The standard InChI is InChI=1S/C26H38N4O6/c1-7-30-19(16-28-11-13-29(14-12-28)24(31)17(3)4)22(25(32)36-8-2)23(27-26(30)33)18-9-10-20(34-5)21(15-18)35-6/h9-10,15,17,23H,7-8,11-14,16H2,1-6H3,(H,27,33)/t23-/m0/s1. The fourth-order valence-electron chi connectivity index (χ4n) is 4.64. The highest BCUT2D eigenvalue weighted by atomic mass is 16.5. The van der Waals surface area contributed by atoms with Gasteiger partial charge in [-0.1, -0.05) is 19.9 Å². The lowest BCUT2D eigenvalue weighted by atomic mass is 9.93. The number of amides is 3. The molecule has 10 nitrogen and oxygen atoms in total. The van der Waals surface area contributed by atoms with Gasteiger partial charge in [0.2, 0.25) is 5.91 Å². The average Bonchev–Trinajstić information content (AvgIpc) is 2.88. The summed E-state index contributed by atoms with van der Waals surface area (Å²) in [6.07, 6.45) is 0.